The summed E-state index contributed by atoms with van der Waals surface area (Å²) in [6.45, 7) is 6.73. The summed E-state index contributed by atoms with van der Waals surface area (Å²) in [6.07, 6.45) is 1.01. The zero-order valence-corrected chi connectivity index (χ0v) is 8.75. The fourth-order valence-electron chi connectivity index (χ4n) is 2.27. The Morgan fingerprint density at radius 2 is 2.07 bits per heavy atom. The van der Waals surface area contributed by atoms with Crippen LogP contribution in [-0.2, 0) is 4.79 Å². The van der Waals surface area contributed by atoms with Gasteiger partial charge < -0.3 is 15.5 Å². The third kappa shape index (κ3) is 1.91. The van der Waals surface area contributed by atoms with Crippen molar-refractivity contribution in [2.24, 2.45) is 5.92 Å². The van der Waals surface area contributed by atoms with Crippen molar-refractivity contribution in [2.45, 2.75) is 19.4 Å². The minimum Gasteiger partial charge on any atom is -0.337 e. The molecule has 0 unspecified atom stereocenters. The lowest BCUT2D eigenvalue weighted by atomic mass is 10.1. The maximum absolute atomic E-state index is 12.1. The molecule has 1 amide bonds. The number of rotatable bonds is 1. The van der Waals surface area contributed by atoms with Crippen molar-refractivity contribution in [3.05, 3.63) is 0 Å². The monoisotopic (exact) mass is 197 g/mol. The fourth-order valence-corrected chi connectivity index (χ4v) is 2.27. The van der Waals surface area contributed by atoms with Gasteiger partial charge in [0.1, 0.15) is 0 Å². The molecule has 2 saturated heterocycles. The molecule has 2 aliphatic heterocycles. The van der Waals surface area contributed by atoms with Gasteiger partial charge in [0.05, 0.1) is 5.92 Å². The van der Waals surface area contributed by atoms with Crippen LogP contribution in [0.25, 0.3) is 0 Å². The van der Waals surface area contributed by atoms with Gasteiger partial charge in [-0.25, -0.2) is 0 Å². The molecule has 2 rings (SSSR count). The van der Waals surface area contributed by atoms with E-state index in [1.165, 1.54) is 0 Å². The predicted octanol–water partition coefficient (Wildman–Crippen LogP) is -0.584. The molecule has 0 aromatic rings. The molecule has 0 radical (unpaired) electrons. The van der Waals surface area contributed by atoms with E-state index in [-0.39, 0.29) is 5.92 Å². The molecule has 2 N–H and O–H groups in total. The quantitative estimate of drug-likeness (QED) is 0.591. The van der Waals surface area contributed by atoms with E-state index in [1.54, 1.807) is 0 Å². The molecule has 4 heteroatoms. The van der Waals surface area contributed by atoms with Gasteiger partial charge in [0.2, 0.25) is 5.91 Å². The van der Waals surface area contributed by atoms with Crippen LogP contribution in [0.15, 0.2) is 0 Å². The Morgan fingerprint density at radius 1 is 1.29 bits per heavy atom. The first-order valence-electron chi connectivity index (χ1n) is 5.51. The lowest BCUT2D eigenvalue weighted by Crippen LogP contribution is -2.54. The lowest BCUT2D eigenvalue weighted by Gasteiger charge is -2.35. The Bertz CT molecular complexity index is 213. The van der Waals surface area contributed by atoms with Gasteiger partial charge in [-0.3, -0.25) is 4.79 Å². The maximum atomic E-state index is 12.1. The number of amides is 1. The molecule has 0 aromatic heterocycles. The van der Waals surface area contributed by atoms with E-state index in [2.05, 4.69) is 17.6 Å². The summed E-state index contributed by atoms with van der Waals surface area (Å²) < 4.78 is 0. The Balaban J connectivity index is 1.94. The molecule has 80 valence electrons. The van der Waals surface area contributed by atoms with E-state index in [4.69, 9.17) is 0 Å². The molecule has 0 spiro atoms. The highest BCUT2D eigenvalue weighted by Gasteiger charge is 2.30. The molecule has 2 aliphatic rings. The van der Waals surface area contributed by atoms with Gasteiger partial charge in [-0.05, 0) is 19.9 Å². The highest BCUT2D eigenvalue weighted by Crippen LogP contribution is 2.14. The SMILES string of the molecule is C[C@@H]1CNCCN1C(=O)[C@H]1CCNC1. The van der Waals surface area contributed by atoms with Crippen LogP contribution in [0.1, 0.15) is 13.3 Å². The summed E-state index contributed by atoms with van der Waals surface area (Å²) in [7, 11) is 0. The van der Waals surface area contributed by atoms with Crippen molar-refractivity contribution in [2.75, 3.05) is 32.7 Å². The highest BCUT2D eigenvalue weighted by atomic mass is 16.2. The Labute approximate surface area is 85.0 Å². The molecule has 2 fully saturated rings. The Hall–Kier alpha value is -0.610. The summed E-state index contributed by atoms with van der Waals surface area (Å²) in [6, 6.07) is 0.358. The molecule has 4 nitrogen and oxygen atoms in total. The number of hydrogen-bond acceptors (Lipinski definition) is 3. The van der Waals surface area contributed by atoms with Crippen molar-refractivity contribution < 1.29 is 4.79 Å². The van der Waals surface area contributed by atoms with Crippen molar-refractivity contribution >= 4 is 5.91 Å². The number of nitrogens with zero attached hydrogens (tertiary/aromatic N) is 1. The standard InChI is InChI=1S/C10H19N3O/c1-8-6-12-4-5-13(8)10(14)9-2-3-11-7-9/h8-9,11-12H,2-7H2,1H3/t8-,9+/m1/s1. The summed E-state index contributed by atoms with van der Waals surface area (Å²) >= 11 is 0. The van der Waals surface area contributed by atoms with E-state index in [1.807, 2.05) is 4.90 Å². The number of hydrogen-bond donors (Lipinski definition) is 2. The second kappa shape index (κ2) is 4.28. The van der Waals surface area contributed by atoms with Gasteiger partial charge in [0, 0.05) is 32.2 Å². The second-order valence-corrected chi connectivity index (χ2v) is 4.27. The predicted molar refractivity (Wildman–Crippen MR) is 55.0 cm³/mol. The molecule has 0 aliphatic carbocycles. The minimum absolute atomic E-state index is 0.232. The molecule has 14 heavy (non-hydrogen) atoms. The maximum Gasteiger partial charge on any atom is 0.227 e. The number of piperazine rings is 1. The van der Waals surface area contributed by atoms with E-state index < -0.39 is 0 Å². The van der Waals surface area contributed by atoms with Crippen LogP contribution in [0.5, 0.6) is 0 Å². The molecular formula is C10H19N3O. The van der Waals surface area contributed by atoms with Crippen molar-refractivity contribution in [1.82, 2.24) is 15.5 Å². The average molecular weight is 197 g/mol. The zero-order chi connectivity index (χ0) is 9.97. The topological polar surface area (TPSA) is 44.4 Å². The third-order valence-electron chi connectivity index (χ3n) is 3.19. The molecule has 0 bridgehead atoms. The number of carbonyl (C=O) groups is 1. The van der Waals surface area contributed by atoms with Crippen molar-refractivity contribution in [3.63, 3.8) is 0 Å². The van der Waals surface area contributed by atoms with Gasteiger partial charge >= 0.3 is 0 Å². The number of carbonyl (C=O) groups excluding carboxylic acids is 1. The lowest BCUT2D eigenvalue weighted by molar-refractivity contribution is -0.137. The second-order valence-electron chi connectivity index (χ2n) is 4.27. The summed E-state index contributed by atoms with van der Waals surface area (Å²) in [5, 5.41) is 6.54. The summed E-state index contributed by atoms with van der Waals surface area (Å²) in [5.41, 5.74) is 0. The minimum atomic E-state index is 0.232. The van der Waals surface area contributed by atoms with Crippen LogP contribution < -0.4 is 10.6 Å². The first-order chi connectivity index (χ1) is 6.79. The van der Waals surface area contributed by atoms with Crippen LogP contribution >= 0.6 is 0 Å². The van der Waals surface area contributed by atoms with Gasteiger partial charge in [-0.2, -0.15) is 0 Å². The van der Waals surface area contributed by atoms with Crippen LogP contribution in [0.3, 0.4) is 0 Å². The van der Waals surface area contributed by atoms with E-state index in [0.29, 0.717) is 11.9 Å². The largest absolute Gasteiger partial charge is 0.337 e. The molecule has 0 saturated carbocycles. The average Bonchev–Trinajstić information content (AvgIpc) is 2.70. The van der Waals surface area contributed by atoms with Crippen molar-refractivity contribution in [3.8, 4) is 0 Å². The van der Waals surface area contributed by atoms with Gasteiger partial charge in [-0.15, -0.1) is 0 Å². The highest BCUT2D eigenvalue weighted by molar-refractivity contribution is 5.79. The first-order valence-corrected chi connectivity index (χ1v) is 5.51. The normalized spacial score (nSPS) is 33.4. The molecular weight excluding hydrogens is 178 g/mol. The van der Waals surface area contributed by atoms with Crippen LogP contribution in [0.4, 0.5) is 0 Å². The smallest absolute Gasteiger partial charge is 0.227 e. The third-order valence-corrected chi connectivity index (χ3v) is 3.19. The zero-order valence-electron chi connectivity index (χ0n) is 8.75. The molecule has 2 atom stereocenters. The first kappa shape index (κ1) is 9.93. The number of nitrogens with one attached hydrogen (secondary N) is 2. The van der Waals surface area contributed by atoms with Crippen molar-refractivity contribution in [1.29, 1.82) is 0 Å². The Kier molecular flexibility index (Phi) is 3.03. The van der Waals surface area contributed by atoms with E-state index in [0.717, 1.165) is 39.1 Å². The van der Waals surface area contributed by atoms with E-state index in [9.17, 15) is 4.79 Å². The van der Waals surface area contributed by atoms with Gasteiger partial charge in [0.15, 0.2) is 0 Å². The van der Waals surface area contributed by atoms with Gasteiger partial charge in [-0.1, -0.05) is 0 Å². The Morgan fingerprint density at radius 3 is 2.71 bits per heavy atom. The summed E-state index contributed by atoms with van der Waals surface area (Å²) in [4.78, 5) is 14.1. The molecule has 0 aromatic carbocycles. The van der Waals surface area contributed by atoms with E-state index >= 15 is 0 Å². The van der Waals surface area contributed by atoms with Crippen LogP contribution in [-0.4, -0.2) is 49.6 Å². The fraction of sp³-hybridized carbons (Fsp3) is 0.900. The van der Waals surface area contributed by atoms with Crippen LogP contribution in [0.2, 0.25) is 0 Å². The van der Waals surface area contributed by atoms with Gasteiger partial charge in [0.25, 0.3) is 0 Å². The summed E-state index contributed by atoms with van der Waals surface area (Å²) in [5.74, 6) is 0.583. The van der Waals surface area contributed by atoms with Crippen LogP contribution in [0, 0.1) is 5.92 Å². The molecule has 2 heterocycles.